The molecule has 0 spiro atoms. The zero-order valence-corrected chi connectivity index (χ0v) is 10.3. The Hall–Kier alpha value is -1.69. The van der Waals surface area contributed by atoms with Gasteiger partial charge in [0.1, 0.15) is 5.69 Å². The molecular weight excluding hydrogens is 232 g/mol. The molecule has 2 heterocycles. The summed E-state index contributed by atoms with van der Waals surface area (Å²) >= 11 is 0. The third-order valence-electron chi connectivity index (χ3n) is 3.05. The van der Waals surface area contributed by atoms with E-state index in [0.29, 0.717) is 6.54 Å². The minimum absolute atomic E-state index is 0.243. The summed E-state index contributed by atoms with van der Waals surface area (Å²) in [6.45, 7) is 4.01. The van der Waals surface area contributed by atoms with Gasteiger partial charge in [0.2, 0.25) is 0 Å². The number of hydrogen-bond donors (Lipinski definition) is 2. The van der Waals surface area contributed by atoms with E-state index in [9.17, 15) is 9.59 Å². The molecule has 98 valence electrons. The molecule has 1 aromatic heterocycles. The van der Waals surface area contributed by atoms with Gasteiger partial charge in [0, 0.05) is 12.6 Å². The van der Waals surface area contributed by atoms with Gasteiger partial charge in [0.15, 0.2) is 0 Å². The van der Waals surface area contributed by atoms with Crippen LogP contribution in [0.2, 0.25) is 0 Å². The van der Waals surface area contributed by atoms with Crippen molar-refractivity contribution in [3.05, 3.63) is 28.2 Å². The molecule has 1 fully saturated rings. The van der Waals surface area contributed by atoms with E-state index in [1.165, 1.54) is 38.1 Å². The molecule has 6 nitrogen and oxygen atoms in total. The number of likely N-dealkylation sites (tertiary alicyclic amines) is 1. The normalized spacial score (nSPS) is 15.8. The van der Waals surface area contributed by atoms with Crippen LogP contribution in [0.5, 0.6) is 0 Å². The first kappa shape index (κ1) is 12.8. The summed E-state index contributed by atoms with van der Waals surface area (Å²) in [5.41, 5.74) is -0.0589. The molecule has 1 aliphatic heterocycles. The van der Waals surface area contributed by atoms with Crippen molar-refractivity contribution >= 4 is 5.91 Å². The maximum atomic E-state index is 11.6. The molecule has 0 bridgehead atoms. The third-order valence-corrected chi connectivity index (χ3v) is 3.05. The molecule has 0 aromatic carbocycles. The lowest BCUT2D eigenvalue weighted by Crippen LogP contribution is -2.29. The number of hydrogen-bond acceptors (Lipinski definition) is 4. The van der Waals surface area contributed by atoms with Crippen molar-refractivity contribution in [1.82, 2.24) is 20.4 Å². The summed E-state index contributed by atoms with van der Waals surface area (Å²) in [4.78, 5) is 24.8. The van der Waals surface area contributed by atoms with Gasteiger partial charge in [-0.15, -0.1) is 0 Å². The topological polar surface area (TPSA) is 78.1 Å². The maximum Gasteiger partial charge on any atom is 0.271 e. The van der Waals surface area contributed by atoms with Crippen LogP contribution < -0.4 is 10.9 Å². The molecular formula is C12H18N4O2. The first-order valence-electron chi connectivity index (χ1n) is 6.32. The van der Waals surface area contributed by atoms with Crippen molar-refractivity contribution in [2.45, 2.75) is 19.3 Å². The van der Waals surface area contributed by atoms with Crippen LogP contribution in [-0.2, 0) is 0 Å². The Morgan fingerprint density at radius 3 is 2.83 bits per heavy atom. The zero-order valence-electron chi connectivity index (χ0n) is 10.3. The number of aromatic amines is 1. The van der Waals surface area contributed by atoms with Crippen molar-refractivity contribution in [2.75, 3.05) is 26.2 Å². The number of amides is 1. The molecule has 1 saturated heterocycles. The van der Waals surface area contributed by atoms with Gasteiger partial charge >= 0.3 is 0 Å². The average Bonchev–Trinajstić information content (AvgIpc) is 2.88. The van der Waals surface area contributed by atoms with Gasteiger partial charge in [-0.05, 0) is 45.0 Å². The van der Waals surface area contributed by atoms with E-state index in [-0.39, 0.29) is 17.2 Å². The second kappa shape index (κ2) is 6.30. The molecule has 1 amide bonds. The van der Waals surface area contributed by atoms with Crippen molar-refractivity contribution in [3.63, 3.8) is 0 Å². The number of aromatic nitrogens is 2. The highest BCUT2D eigenvalue weighted by Gasteiger charge is 2.11. The molecule has 1 aromatic rings. The lowest BCUT2D eigenvalue weighted by molar-refractivity contribution is 0.0946. The van der Waals surface area contributed by atoms with Gasteiger partial charge in [0.25, 0.3) is 11.5 Å². The molecule has 6 heteroatoms. The van der Waals surface area contributed by atoms with Crippen molar-refractivity contribution < 1.29 is 4.79 Å². The van der Waals surface area contributed by atoms with Gasteiger partial charge in [-0.3, -0.25) is 9.59 Å². The lowest BCUT2D eigenvalue weighted by atomic mass is 10.3. The fraction of sp³-hybridized carbons (Fsp3) is 0.583. The first-order chi connectivity index (χ1) is 8.75. The maximum absolute atomic E-state index is 11.6. The molecule has 18 heavy (non-hydrogen) atoms. The Bertz CT molecular complexity index is 431. The standard InChI is InChI=1S/C12H18N4O2/c17-11-5-4-10(14-15-11)12(18)13-6-3-9-16-7-1-2-8-16/h4-5H,1-3,6-9H2,(H,13,18)(H,15,17). The Kier molecular flexibility index (Phi) is 4.46. The van der Waals surface area contributed by atoms with E-state index in [1.807, 2.05) is 0 Å². The highest BCUT2D eigenvalue weighted by Crippen LogP contribution is 2.06. The highest BCUT2D eigenvalue weighted by molar-refractivity contribution is 5.91. The van der Waals surface area contributed by atoms with Crippen LogP contribution in [0, 0.1) is 0 Å². The van der Waals surface area contributed by atoms with Gasteiger partial charge in [-0.2, -0.15) is 5.10 Å². The Morgan fingerprint density at radius 1 is 1.39 bits per heavy atom. The second-order valence-electron chi connectivity index (χ2n) is 4.46. The van der Waals surface area contributed by atoms with E-state index in [4.69, 9.17) is 0 Å². The van der Waals surface area contributed by atoms with Crippen LogP contribution in [0.1, 0.15) is 29.8 Å². The molecule has 2 rings (SSSR count). The Labute approximate surface area is 105 Å². The van der Waals surface area contributed by atoms with Crippen LogP contribution in [-0.4, -0.2) is 47.2 Å². The molecule has 0 unspecified atom stereocenters. The number of nitrogens with one attached hydrogen (secondary N) is 2. The summed E-state index contributed by atoms with van der Waals surface area (Å²) in [7, 11) is 0. The fourth-order valence-corrected chi connectivity index (χ4v) is 2.07. The molecule has 1 aliphatic rings. The number of carbonyl (C=O) groups is 1. The van der Waals surface area contributed by atoms with Gasteiger partial charge < -0.3 is 10.2 Å². The Balaban J connectivity index is 1.68. The van der Waals surface area contributed by atoms with Crippen LogP contribution in [0.4, 0.5) is 0 Å². The number of H-pyrrole nitrogens is 1. The second-order valence-corrected chi connectivity index (χ2v) is 4.46. The molecule has 2 N–H and O–H groups in total. The minimum Gasteiger partial charge on any atom is -0.351 e. The summed E-state index contributed by atoms with van der Waals surface area (Å²) in [5, 5.41) is 8.71. The smallest absolute Gasteiger partial charge is 0.271 e. The monoisotopic (exact) mass is 250 g/mol. The summed E-state index contributed by atoms with van der Waals surface area (Å²) < 4.78 is 0. The van der Waals surface area contributed by atoms with Crippen LogP contribution in [0.3, 0.4) is 0 Å². The van der Waals surface area contributed by atoms with E-state index < -0.39 is 0 Å². The van der Waals surface area contributed by atoms with E-state index >= 15 is 0 Å². The van der Waals surface area contributed by atoms with Crippen LogP contribution in [0.25, 0.3) is 0 Å². The highest BCUT2D eigenvalue weighted by atomic mass is 16.2. The van der Waals surface area contributed by atoms with Gasteiger partial charge in [-0.25, -0.2) is 5.10 Å². The molecule has 0 aliphatic carbocycles. The van der Waals surface area contributed by atoms with Crippen LogP contribution >= 0.6 is 0 Å². The molecule has 0 radical (unpaired) electrons. The summed E-state index contributed by atoms with van der Waals surface area (Å²) in [5.74, 6) is -0.243. The van der Waals surface area contributed by atoms with E-state index in [2.05, 4.69) is 20.4 Å². The minimum atomic E-state index is -0.305. The zero-order chi connectivity index (χ0) is 12.8. The van der Waals surface area contributed by atoms with Crippen molar-refractivity contribution in [2.24, 2.45) is 0 Å². The van der Waals surface area contributed by atoms with Crippen LogP contribution in [0.15, 0.2) is 16.9 Å². The number of carbonyl (C=O) groups excluding carboxylic acids is 1. The number of rotatable bonds is 5. The van der Waals surface area contributed by atoms with Crippen molar-refractivity contribution in [3.8, 4) is 0 Å². The SMILES string of the molecule is O=C(NCCCN1CCCC1)c1ccc(=O)[nH]n1. The van der Waals surface area contributed by atoms with Gasteiger partial charge in [-0.1, -0.05) is 0 Å². The van der Waals surface area contributed by atoms with E-state index in [0.717, 1.165) is 13.0 Å². The third kappa shape index (κ3) is 3.66. The molecule has 0 saturated carbocycles. The number of nitrogens with zero attached hydrogens (tertiary/aromatic N) is 2. The summed E-state index contributed by atoms with van der Waals surface area (Å²) in [6, 6.07) is 2.72. The average molecular weight is 250 g/mol. The Morgan fingerprint density at radius 2 is 2.17 bits per heavy atom. The fourth-order valence-electron chi connectivity index (χ4n) is 2.07. The van der Waals surface area contributed by atoms with Gasteiger partial charge in [0.05, 0.1) is 0 Å². The summed E-state index contributed by atoms with van der Waals surface area (Å²) in [6.07, 6.45) is 3.51. The largest absolute Gasteiger partial charge is 0.351 e. The van der Waals surface area contributed by atoms with Crippen molar-refractivity contribution in [1.29, 1.82) is 0 Å². The predicted octanol–water partition coefficient (Wildman–Crippen LogP) is -0.0144. The van der Waals surface area contributed by atoms with E-state index in [1.54, 1.807) is 0 Å². The lowest BCUT2D eigenvalue weighted by Gasteiger charge is -2.14. The first-order valence-corrected chi connectivity index (χ1v) is 6.32. The quantitative estimate of drug-likeness (QED) is 0.720. The molecule has 0 atom stereocenters. The predicted molar refractivity (Wildman–Crippen MR) is 67.5 cm³/mol.